The van der Waals surface area contributed by atoms with Crippen molar-refractivity contribution in [2.75, 3.05) is 46.2 Å². The Kier molecular flexibility index (Phi) is 15.5. The number of ether oxygens (including phenoxy) is 2. The van der Waals surface area contributed by atoms with Crippen LogP contribution in [0.2, 0.25) is 0 Å². The van der Waals surface area contributed by atoms with Crippen LogP contribution in [0.1, 0.15) is 77.6 Å². The van der Waals surface area contributed by atoms with Gasteiger partial charge >= 0.3 is 0 Å². The molecule has 0 aliphatic carbocycles. The number of methoxy groups -OCH3 is 2. The lowest BCUT2D eigenvalue weighted by atomic mass is 9.99. The Morgan fingerprint density at radius 2 is 1.62 bits per heavy atom. The molecule has 0 spiro atoms. The normalized spacial score (nSPS) is 14.7. The third-order valence-corrected chi connectivity index (χ3v) is 10.5. The number of benzene rings is 2. The van der Waals surface area contributed by atoms with Gasteiger partial charge in [0.05, 0.1) is 42.8 Å². The molecule has 1 atom stereocenters. The average molecular weight is 826 g/mol. The first-order valence-electron chi connectivity index (χ1n) is 19.7. The highest BCUT2D eigenvalue weighted by Crippen LogP contribution is 2.38. The zero-order chi connectivity index (χ0) is 43.3. The van der Waals surface area contributed by atoms with Gasteiger partial charge in [0.2, 0.25) is 17.7 Å². The fourth-order valence-electron chi connectivity index (χ4n) is 7.53. The number of pyridine rings is 2. The van der Waals surface area contributed by atoms with Gasteiger partial charge in [-0.05, 0) is 67.6 Å². The number of piperidine rings is 1. The fraction of sp³-hybridized carbons (Fsp3) is 0.395. The van der Waals surface area contributed by atoms with Crippen LogP contribution in [0.3, 0.4) is 0 Å². The van der Waals surface area contributed by atoms with Gasteiger partial charge in [-0.1, -0.05) is 31.7 Å². The number of unbranched alkanes of at least 4 members (excludes halogenated alkanes) is 5. The van der Waals surface area contributed by atoms with E-state index in [4.69, 9.17) is 19.4 Å². The molecule has 2 aromatic carbocycles. The topological polar surface area (TPSA) is 219 Å². The fourth-order valence-corrected chi connectivity index (χ4v) is 7.53. The number of likely N-dealkylation sites (N-methyl/N-ethyl adjacent to an activating group) is 1. The molecule has 318 valence electrons. The molecular weight excluding hydrogens is 775 g/mol. The lowest BCUT2D eigenvalue weighted by molar-refractivity contribution is -0.136. The van der Waals surface area contributed by atoms with Gasteiger partial charge in [-0.2, -0.15) is 0 Å². The van der Waals surface area contributed by atoms with Crippen LogP contribution < -0.4 is 31.0 Å². The second-order valence-corrected chi connectivity index (χ2v) is 14.6. The second-order valence-electron chi connectivity index (χ2n) is 14.6. The number of aryl methyl sites for hydroxylation is 1. The van der Waals surface area contributed by atoms with Crippen molar-refractivity contribution in [3.8, 4) is 22.6 Å². The average Bonchev–Trinajstić information content (AvgIpc) is 3.49. The number of amides is 5. The number of carboxylic acid groups (broad SMARTS) is 1. The van der Waals surface area contributed by atoms with E-state index in [0.717, 1.165) is 65.5 Å². The summed E-state index contributed by atoms with van der Waals surface area (Å²) in [6, 6.07) is 9.72. The zero-order valence-corrected chi connectivity index (χ0v) is 34.2. The Bertz CT molecular complexity index is 2280. The minimum atomic E-state index is -0.997. The van der Waals surface area contributed by atoms with Crippen molar-refractivity contribution in [1.29, 1.82) is 0 Å². The number of aromatic nitrogens is 2. The van der Waals surface area contributed by atoms with Crippen molar-refractivity contribution in [1.82, 2.24) is 30.0 Å². The van der Waals surface area contributed by atoms with Crippen molar-refractivity contribution in [3.63, 3.8) is 0 Å². The van der Waals surface area contributed by atoms with Crippen LogP contribution in [0.15, 0.2) is 59.8 Å². The summed E-state index contributed by atoms with van der Waals surface area (Å²) >= 11 is 0. The summed E-state index contributed by atoms with van der Waals surface area (Å²) in [4.78, 5) is 91.2. The standard InChI is InChI=1S/C42H49N7O8.CH2O2/c1-47(23-31-34(56-3)20-26(21-35(31)57-4)30-24-48(2)40(53)29-22-43-19-16-27(29)30)25-37(51)45-18-10-8-6-5-7-9-17-44-32-13-11-12-28-38(32)42(55)49(41(28)54)33-14-15-36(50)46-39(33)52;2-1-3/h11-13,16,19-22,24,33,44H,5-10,14-15,17-18,23,25H2,1-4H3,(H,45,51)(H,46,50,52);1H,(H,2,3). The summed E-state index contributed by atoms with van der Waals surface area (Å²) in [7, 11) is 6.77. The molecule has 6 rings (SSSR count). The van der Waals surface area contributed by atoms with Crippen LogP contribution >= 0.6 is 0 Å². The Balaban J connectivity index is 0.00000221. The smallest absolute Gasteiger partial charge is 0.290 e. The van der Waals surface area contributed by atoms with Gasteiger partial charge in [-0.25, -0.2) is 0 Å². The first kappa shape index (κ1) is 44.5. The molecule has 1 saturated heterocycles. The minimum Gasteiger partial charge on any atom is -0.496 e. The summed E-state index contributed by atoms with van der Waals surface area (Å²) < 4.78 is 13.1. The number of fused-ring (bicyclic) bond motifs is 2. The van der Waals surface area contributed by atoms with Crippen molar-refractivity contribution >= 4 is 52.5 Å². The first-order chi connectivity index (χ1) is 28.9. The molecule has 2 aromatic heterocycles. The molecule has 0 bridgehead atoms. The maximum absolute atomic E-state index is 13.3. The number of carbonyl (C=O) groups is 6. The van der Waals surface area contributed by atoms with E-state index in [1.165, 1.54) is 4.57 Å². The molecule has 2 aliphatic rings. The number of nitrogens with one attached hydrogen (secondary N) is 3. The maximum Gasteiger partial charge on any atom is 0.290 e. The summed E-state index contributed by atoms with van der Waals surface area (Å²) in [5.41, 5.74) is 3.42. The molecule has 0 radical (unpaired) electrons. The lowest BCUT2D eigenvalue weighted by Gasteiger charge is -2.27. The van der Waals surface area contributed by atoms with E-state index >= 15 is 0 Å². The van der Waals surface area contributed by atoms with Gasteiger partial charge in [-0.15, -0.1) is 0 Å². The number of hydrogen-bond acceptors (Lipinski definition) is 12. The second kappa shape index (κ2) is 20.9. The predicted molar refractivity (Wildman–Crippen MR) is 223 cm³/mol. The molecule has 1 unspecified atom stereocenters. The number of anilines is 1. The molecule has 4 aromatic rings. The Hall–Kier alpha value is -6.62. The monoisotopic (exact) mass is 825 g/mol. The number of nitrogens with zero attached hydrogens (tertiary/aromatic N) is 4. The number of imide groups is 2. The largest absolute Gasteiger partial charge is 0.496 e. The van der Waals surface area contributed by atoms with Gasteiger partial charge in [-0.3, -0.25) is 53.7 Å². The van der Waals surface area contributed by atoms with Crippen LogP contribution in [0.4, 0.5) is 5.69 Å². The van der Waals surface area contributed by atoms with E-state index in [2.05, 4.69) is 20.9 Å². The van der Waals surface area contributed by atoms with E-state index in [1.807, 2.05) is 30.1 Å². The molecule has 1 fully saturated rings. The molecule has 2 aliphatic heterocycles. The Labute approximate surface area is 347 Å². The van der Waals surface area contributed by atoms with E-state index in [9.17, 15) is 28.8 Å². The van der Waals surface area contributed by atoms with Gasteiger partial charge in [0.15, 0.2) is 0 Å². The van der Waals surface area contributed by atoms with E-state index < -0.39 is 29.7 Å². The SMILES string of the molecule is COc1cc(-c2cn(C)c(=O)c3cnccc23)cc(OC)c1CN(C)CC(=O)NCCCCCCCCNc1cccc2c1C(=O)N(C1CCC(=O)NC1=O)C2=O.O=CO. The summed E-state index contributed by atoms with van der Waals surface area (Å²) in [5.74, 6) is -0.937. The van der Waals surface area contributed by atoms with Gasteiger partial charge in [0.1, 0.15) is 17.5 Å². The van der Waals surface area contributed by atoms with Crippen molar-refractivity contribution in [2.45, 2.75) is 64.0 Å². The molecular formula is C43H51N7O10. The van der Waals surface area contributed by atoms with Gasteiger partial charge in [0, 0.05) is 62.9 Å². The third-order valence-electron chi connectivity index (χ3n) is 10.5. The van der Waals surface area contributed by atoms with Gasteiger partial charge < -0.3 is 29.8 Å². The molecule has 0 saturated carbocycles. The van der Waals surface area contributed by atoms with E-state index in [0.29, 0.717) is 42.2 Å². The summed E-state index contributed by atoms with van der Waals surface area (Å²) in [5, 5.41) is 16.7. The molecule has 4 N–H and O–H groups in total. The molecule has 17 nitrogen and oxygen atoms in total. The molecule has 17 heteroatoms. The first-order valence-corrected chi connectivity index (χ1v) is 19.7. The summed E-state index contributed by atoms with van der Waals surface area (Å²) in [6.07, 6.45) is 10.9. The molecule has 5 amide bonds. The van der Waals surface area contributed by atoms with Crippen LogP contribution in [0.25, 0.3) is 21.9 Å². The highest BCUT2D eigenvalue weighted by molar-refractivity contribution is 6.25. The van der Waals surface area contributed by atoms with Crippen molar-refractivity contribution < 1.29 is 43.3 Å². The Morgan fingerprint density at radius 1 is 0.950 bits per heavy atom. The van der Waals surface area contributed by atoms with Crippen LogP contribution in [0.5, 0.6) is 11.5 Å². The minimum absolute atomic E-state index is 0.0729. The van der Waals surface area contributed by atoms with E-state index in [1.54, 1.807) is 58.1 Å². The summed E-state index contributed by atoms with van der Waals surface area (Å²) in [6.45, 7) is 1.56. The number of rotatable bonds is 18. The highest BCUT2D eigenvalue weighted by atomic mass is 16.5. The molecule has 4 heterocycles. The van der Waals surface area contributed by atoms with Crippen molar-refractivity contribution in [3.05, 3.63) is 82.0 Å². The Morgan fingerprint density at radius 3 is 2.28 bits per heavy atom. The predicted octanol–water partition coefficient (Wildman–Crippen LogP) is 3.72. The lowest BCUT2D eigenvalue weighted by Crippen LogP contribution is -2.54. The van der Waals surface area contributed by atoms with Crippen LogP contribution in [0, 0.1) is 0 Å². The molecule has 60 heavy (non-hydrogen) atoms. The zero-order valence-electron chi connectivity index (χ0n) is 34.2. The number of carbonyl (C=O) groups excluding carboxylic acids is 5. The third kappa shape index (κ3) is 10.3. The number of hydrogen-bond donors (Lipinski definition) is 4. The highest BCUT2D eigenvalue weighted by Gasteiger charge is 2.45. The maximum atomic E-state index is 13.3. The van der Waals surface area contributed by atoms with Crippen molar-refractivity contribution in [2.24, 2.45) is 7.05 Å². The van der Waals surface area contributed by atoms with E-state index in [-0.39, 0.29) is 48.5 Å². The van der Waals surface area contributed by atoms with Crippen LogP contribution in [-0.2, 0) is 32.8 Å². The van der Waals surface area contributed by atoms with Crippen LogP contribution in [-0.4, -0.2) is 107 Å². The van der Waals surface area contributed by atoms with Gasteiger partial charge in [0.25, 0.3) is 23.8 Å². The quantitative estimate of drug-likeness (QED) is 0.0640.